The van der Waals surface area contributed by atoms with Crippen molar-refractivity contribution in [3.63, 3.8) is 0 Å². The standard InChI is InChI=1S/C29H27Cl2N7O2/c1-17-3-2-4-25(23-13-19(7-10-32-23)28-22(8-11-33-28)34-29(17)40)37-12-9-18(14-27(37)39)21-15-20(30)5-6-24(21)38-16-26(31)35-36-38/h5-8,10-11,13-17,25,33H,2-4,9,12H2,1H3,(H,34,40)/t17-,25+/m1/s1. The van der Waals surface area contributed by atoms with Gasteiger partial charge in [-0.3, -0.25) is 14.6 Å². The first-order valence-corrected chi connectivity index (χ1v) is 14.0. The Morgan fingerprint density at radius 2 is 1.95 bits per heavy atom. The Balaban J connectivity index is 1.35. The van der Waals surface area contributed by atoms with Gasteiger partial charge >= 0.3 is 0 Å². The van der Waals surface area contributed by atoms with Crippen molar-refractivity contribution in [2.75, 3.05) is 11.9 Å². The minimum atomic E-state index is -0.230. The molecule has 2 N–H and O–H groups in total. The second-order valence-electron chi connectivity index (χ2n) is 10.2. The smallest absolute Gasteiger partial charge is 0.247 e. The summed E-state index contributed by atoms with van der Waals surface area (Å²) < 4.78 is 1.58. The molecule has 3 aromatic heterocycles. The van der Waals surface area contributed by atoms with Gasteiger partial charge in [0.05, 0.1) is 35.0 Å². The van der Waals surface area contributed by atoms with Crippen molar-refractivity contribution < 1.29 is 9.59 Å². The summed E-state index contributed by atoms with van der Waals surface area (Å²) in [5, 5.41) is 11.9. The molecule has 1 aromatic carbocycles. The van der Waals surface area contributed by atoms with E-state index in [1.165, 1.54) is 0 Å². The number of hydrogen-bond acceptors (Lipinski definition) is 5. The Labute approximate surface area is 241 Å². The molecule has 204 valence electrons. The van der Waals surface area contributed by atoms with Crippen LogP contribution in [-0.2, 0) is 9.59 Å². The highest BCUT2D eigenvalue weighted by atomic mass is 35.5. The third-order valence-electron chi connectivity index (χ3n) is 7.57. The van der Waals surface area contributed by atoms with E-state index in [0.29, 0.717) is 30.8 Å². The number of aromatic nitrogens is 5. The molecule has 0 saturated heterocycles. The van der Waals surface area contributed by atoms with E-state index in [9.17, 15) is 9.59 Å². The summed E-state index contributed by atoms with van der Waals surface area (Å²) in [6, 6.07) is 11.0. The van der Waals surface area contributed by atoms with Gasteiger partial charge in [0.15, 0.2) is 5.15 Å². The van der Waals surface area contributed by atoms with Crippen molar-refractivity contribution in [3.05, 3.63) is 82.5 Å². The van der Waals surface area contributed by atoms with Crippen LogP contribution in [0.1, 0.15) is 49.9 Å². The molecule has 0 saturated carbocycles. The van der Waals surface area contributed by atoms with Crippen LogP contribution in [0.25, 0.3) is 22.5 Å². The highest BCUT2D eigenvalue weighted by Gasteiger charge is 2.30. The predicted octanol–water partition coefficient (Wildman–Crippen LogP) is 6.08. The summed E-state index contributed by atoms with van der Waals surface area (Å²) in [4.78, 5) is 36.4. The molecule has 2 aliphatic heterocycles. The van der Waals surface area contributed by atoms with E-state index in [4.69, 9.17) is 28.2 Å². The SMILES string of the molecule is C[C@@H]1CCC[C@H](N2CCC(c3cc(Cl)ccc3-n3cc(Cl)nn3)=CC2=O)c2cc(ccn2)-c2[nH]ccc2NC1=O. The van der Waals surface area contributed by atoms with Crippen LogP contribution < -0.4 is 5.32 Å². The van der Waals surface area contributed by atoms with Gasteiger partial charge in [-0.1, -0.05) is 41.8 Å². The zero-order valence-electron chi connectivity index (χ0n) is 21.8. The van der Waals surface area contributed by atoms with Gasteiger partial charge in [-0.05, 0) is 61.2 Å². The first kappa shape index (κ1) is 26.3. The average Bonchev–Trinajstić information content (AvgIpc) is 3.59. The first-order valence-electron chi connectivity index (χ1n) is 13.2. The maximum absolute atomic E-state index is 13.7. The predicted molar refractivity (Wildman–Crippen MR) is 154 cm³/mol. The molecule has 0 aliphatic carbocycles. The number of halogens is 2. The minimum absolute atomic E-state index is 0.0140. The molecule has 9 nitrogen and oxygen atoms in total. The van der Waals surface area contributed by atoms with Gasteiger partial charge in [0, 0.05) is 47.1 Å². The second kappa shape index (κ2) is 10.9. The monoisotopic (exact) mass is 575 g/mol. The largest absolute Gasteiger partial charge is 0.359 e. The molecule has 4 aromatic rings. The molecule has 0 unspecified atom stereocenters. The summed E-state index contributed by atoms with van der Waals surface area (Å²) in [6.45, 7) is 2.45. The molecule has 2 bridgehead atoms. The van der Waals surface area contributed by atoms with Gasteiger partial charge in [0.25, 0.3) is 0 Å². The molecule has 2 aliphatic rings. The van der Waals surface area contributed by atoms with E-state index in [-0.39, 0.29) is 28.9 Å². The van der Waals surface area contributed by atoms with Crippen molar-refractivity contribution in [1.29, 1.82) is 0 Å². The Morgan fingerprint density at radius 3 is 2.75 bits per heavy atom. The van der Waals surface area contributed by atoms with Crippen molar-refractivity contribution in [2.45, 2.75) is 38.6 Å². The number of pyridine rings is 1. The Morgan fingerprint density at radius 1 is 1.07 bits per heavy atom. The number of nitrogens with one attached hydrogen (secondary N) is 2. The molecule has 0 fully saturated rings. The highest BCUT2D eigenvalue weighted by molar-refractivity contribution is 6.31. The number of carbonyl (C=O) groups is 2. The van der Waals surface area contributed by atoms with Gasteiger partial charge in [-0.25, -0.2) is 4.68 Å². The minimum Gasteiger partial charge on any atom is -0.359 e. The average molecular weight is 576 g/mol. The quantitative estimate of drug-likeness (QED) is 0.307. The molecular weight excluding hydrogens is 549 g/mol. The summed E-state index contributed by atoms with van der Waals surface area (Å²) in [5.74, 6) is -0.274. The number of rotatable bonds is 3. The lowest BCUT2D eigenvalue weighted by atomic mass is 9.93. The van der Waals surface area contributed by atoms with Crippen molar-refractivity contribution >= 4 is 46.3 Å². The fourth-order valence-corrected chi connectivity index (χ4v) is 5.77. The Kier molecular flexibility index (Phi) is 7.16. The van der Waals surface area contributed by atoms with Gasteiger partial charge in [-0.2, -0.15) is 0 Å². The summed E-state index contributed by atoms with van der Waals surface area (Å²) >= 11 is 12.4. The van der Waals surface area contributed by atoms with E-state index in [2.05, 4.69) is 20.6 Å². The summed E-state index contributed by atoms with van der Waals surface area (Å²) in [5.41, 5.74) is 5.69. The number of nitrogens with zero attached hydrogens (tertiary/aromatic N) is 5. The zero-order chi connectivity index (χ0) is 27.8. The van der Waals surface area contributed by atoms with E-state index in [0.717, 1.165) is 45.9 Å². The maximum atomic E-state index is 13.7. The number of benzene rings is 1. The van der Waals surface area contributed by atoms with Crippen molar-refractivity contribution in [3.8, 4) is 16.9 Å². The summed E-state index contributed by atoms with van der Waals surface area (Å²) in [7, 11) is 0. The van der Waals surface area contributed by atoms with Crippen molar-refractivity contribution in [2.24, 2.45) is 5.92 Å². The fourth-order valence-electron chi connectivity index (χ4n) is 5.47. The Bertz CT molecular complexity index is 1630. The summed E-state index contributed by atoms with van der Waals surface area (Å²) in [6.07, 6.45) is 9.66. The molecule has 11 heteroatoms. The molecular formula is C29H27Cl2N7O2. The van der Waals surface area contributed by atoms with Crippen LogP contribution in [0.5, 0.6) is 0 Å². The van der Waals surface area contributed by atoms with Gasteiger partial charge in [-0.15, -0.1) is 5.10 Å². The van der Waals surface area contributed by atoms with Crippen LogP contribution in [0, 0.1) is 5.92 Å². The third kappa shape index (κ3) is 5.14. The van der Waals surface area contributed by atoms with Gasteiger partial charge in [0.1, 0.15) is 0 Å². The number of aromatic amines is 1. The lowest BCUT2D eigenvalue weighted by Gasteiger charge is -2.34. The van der Waals surface area contributed by atoms with Crippen LogP contribution in [0.4, 0.5) is 5.69 Å². The molecule has 0 radical (unpaired) electrons. The lowest BCUT2D eigenvalue weighted by molar-refractivity contribution is -0.129. The fraction of sp³-hybridized carbons (Fsp3) is 0.276. The zero-order valence-corrected chi connectivity index (χ0v) is 23.3. The van der Waals surface area contributed by atoms with Gasteiger partial charge < -0.3 is 15.2 Å². The highest BCUT2D eigenvalue weighted by Crippen LogP contribution is 2.37. The second-order valence-corrected chi connectivity index (χ2v) is 11.0. The molecule has 6 rings (SSSR count). The van der Waals surface area contributed by atoms with Gasteiger partial charge in [0.2, 0.25) is 11.8 Å². The first-order chi connectivity index (χ1) is 19.4. The van der Waals surface area contributed by atoms with Crippen LogP contribution in [0.3, 0.4) is 0 Å². The number of anilines is 1. The lowest BCUT2D eigenvalue weighted by Crippen LogP contribution is -2.38. The third-order valence-corrected chi connectivity index (χ3v) is 7.98. The Hall–Kier alpha value is -3.95. The molecule has 0 spiro atoms. The number of carbonyl (C=O) groups excluding carboxylic acids is 2. The van der Waals surface area contributed by atoms with E-state index >= 15 is 0 Å². The normalized spacial score (nSPS) is 19.8. The molecule has 5 heterocycles. The number of hydrogen-bond donors (Lipinski definition) is 2. The number of fused-ring (bicyclic) bond motifs is 4. The van der Waals surface area contributed by atoms with Crippen LogP contribution in [0.15, 0.2) is 61.1 Å². The molecule has 2 amide bonds. The van der Waals surface area contributed by atoms with Crippen LogP contribution >= 0.6 is 23.2 Å². The molecule has 2 atom stereocenters. The topological polar surface area (TPSA) is 109 Å². The maximum Gasteiger partial charge on any atom is 0.247 e. The van der Waals surface area contributed by atoms with Crippen LogP contribution in [-0.4, -0.2) is 48.2 Å². The van der Waals surface area contributed by atoms with E-state index < -0.39 is 0 Å². The molecule has 40 heavy (non-hydrogen) atoms. The van der Waals surface area contributed by atoms with E-state index in [1.807, 2.05) is 48.4 Å². The van der Waals surface area contributed by atoms with Crippen LogP contribution in [0.2, 0.25) is 10.2 Å². The number of H-pyrrole nitrogens is 1. The van der Waals surface area contributed by atoms with Crippen molar-refractivity contribution in [1.82, 2.24) is 29.9 Å². The number of amides is 2. The van der Waals surface area contributed by atoms with E-state index in [1.54, 1.807) is 29.2 Å².